The average molecular weight is 391 g/mol. The minimum absolute atomic E-state index is 0.146. The fraction of sp³-hybridized carbons (Fsp3) is 0.600. The maximum atomic E-state index is 12.5. The van der Waals surface area contributed by atoms with Crippen molar-refractivity contribution in [3.05, 3.63) is 14.9 Å². The Kier molecular flexibility index (Phi) is 4.92. The van der Waals surface area contributed by atoms with Crippen molar-refractivity contribution in [2.45, 2.75) is 23.3 Å². The van der Waals surface area contributed by atoms with Gasteiger partial charge in [0.1, 0.15) is 4.21 Å². The maximum Gasteiger partial charge on any atom is 0.253 e. The molecule has 1 aliphatic heterocycles. The molecule has 0 bridgehead atoms. The second-order valence-corrected chi connectivity index (χ2v) is 9.14. The zero-order chi connectivity index (χ0) is 14.2. The lowest BCUT2D eigenvalue weighted by Crippen LogP contribution is -2.51. The monoisotopic (exact) mass is 389 g/mol. The number of aliphatic hydroxyl groups is 1. The Hall–Kier alpha value is 0.300. The summed E-state index contributed by atoms with van der Waals surface area (Å²) >= 11 is 10.2. The lowest BCUT2D eigenvalue weighted by molar-refractivity contribution is -0.0515. The Morgan fingerprint density at radius 1 is 1.68 bits per heavy atom. The van der Waals surface area contributed by atoms with Crippen LogP contribution in [-0.2, 0) is 14.8 Å². The van der Waals surface area contributed by atoms with Gasteiger partial charge < -0.3 is 9.84 Å². The van der Waals surface area contributed by atoms with Crippen LogP contribution >= 0.6 is 38.9 Å². The molecule has 5 nitrogen and oxygen atoms in total. The van der Waals surface area contributed by atoms with E-state index in [0.29, 0.717) is 8.81 Å². The van der Waals surface area contributed by atoms with Crippen molar-refractivity contribution in [1.29, 1.82) is 0 Å². The molecule has 1 aliphatic rings. The quantitative estimate of drug-likeness (QED) is 0.856. The van der Waals surface area contributed by atoms with Crippen LogP contribution in [0.3, 0.4) is 0 Å². The summed E-state index contributed by atoms with van der Waals surface area (Å²) in [6.45, 7) is 1.99. The Labute approximate surface area is 129 Å². The fourth-order valence-corrected chi connectivity index (χ4v) is 5.98. The van der Waals surface area contributed by atoms with E-state index >= 15 is 0 Å². The topological polar surface area (TPSA) is 66.8 Å². The number of nitrogens with zero attached hydrogens (tertiary/aromatic N) is 1. The first-order valence-corrected chi connectivity index (χ1v) is 8.98. The van der Waals surface area contributed by atoms with Gasteiger partial charge in [0.05, 0.1) is 28.1 Å². The van der Waals surface area contributed by atoms with Crippen molar-refractivity contribution in [3.8, 4) is 0 Å². The van der Waals surface area contributed by atoms with E-state index in [9.17, 15) is 8.42 Å². The highest BCUT2D eigenvalue weighted by Crippen LogP contribution is 2.36. The van der Waals surface area contributed by atoms with E-state index in [1.165, 1.54) is 10.4 Å². The molecule has 108 valence electrons. The third kappa shape index (κ3) is 3.15. The first-order valence-electron chi connectivity index (χ1n) is 5.55. The minimum atomic E-state index is -3.61. The molecular weight excluding hydrogens is 378 g/mol. The van der Waals surface area contributed by atoms with Crippen LogP contribution in [0.15, 0.2) is 14.1 Å². The van der Waals surface area contributed by atoms with Crippen LogP contribution < -0.4 is 0 Å². The smallest absolute Gasteiger partial charge is 0.253 e. The maximum absolute atomic E-state index is 12.5. The van der Waals surface area contributed by atoms with E-state index in [4.69, 9.17) is 21.4 Å². The molecule has 2 unspecified atom stereocenters. The van der Waals surface area contributed by atoms with Crippen LogP contribution in [0.4, 0.5) is 0 Å². The number of rotatable bonds is 3. The SMILES string of the molecule is CC1COC(CO)CN1S(=O)(=O)c1cc(Cl)c(Br)s1. The number of halogens is 2. The lowest BCUT2D eigenvalue weighted by Gasteiger charge is -2.35. The number of aliphatic hydroxyl groups excluding tert-OH is 1. The molecule has 1 fully saturated rings. The van der Waals surface area contributed by atoms with Crippen LogP contribution in [0.1, 0.15) is 6.92 Å². The number of hydrogen-bond donors (Lipinski definition) is 1. The largest absolute Gasteiger partial charge is 0.394 e. The van der Waals surface area contributed by atoms with Crippen molar-refractivity contribution >= 4 is 48.9 Å². The highest BCUT2D eigenvalue weighted by atomic mass is 79.9. The molecule has 1 N–H and O–H groups in total. The minimum Gasteiger partial charge on any atom is -0.394 e. The fourth-order valence-electron chi connectivity index (χ4n) is 1.81. The Balaban J connectivity index is 2.32. The van der Waals surface area contributed by atoms with E-state index in [2.05, 4.69) is 15.9 Å². The van der Waals surface area contributed by atoms with E-state index < -0.39 is 16.1 Å². The molecule has 0 radical (unpaired) electrons. The van der Waals surface area contributed by atoms with Gasteiger partial charge in [0.15, 0.2) is 0 Å². The molecule has 0 amide bonds. The summed E-state index contributed by atoms with van der Waals surface area (Å²) in [6, 6.07) is 1.16. The van der Waals surface area contributed by atoms with E-state index in [0.717, 1.165) is 11.3 Å². The second kappa shape index (κ2) is 5.97. The predicted molar refractivity (Wildman–Crippen MR) is 77.2 cm³/mol. The van der Waals surface area contributed by atoms with Gasteiger partial charge in [0.25, 0.3) is 10.0 Å². The van der Waals surface area contributed by atoms with Gasteiger partial charge in [-0.1, -0.05) is 11.6 Å². The number of sulfonamides is 1. The summed E-state index contributed by atoms with van der Waals surface area (Å²) in [5.41, 5.74) is 0. The first-order chi connectivity index (χ1) is 8.86. The standard InChI is InChI=1S/C10H13BrClNO4S2/c1-6-5-17-7(4-14)3-13(6)19(15,16)9-2-8(12)10(11)18-9/h2,6-7,14H,3-5H2,1H3. The van der Waals surface area contributed by atoms with Gasteiger partial charge >= 0.3 is 0 Å². The van der Waals surface area contributed by atoms with Crippen LogP contribution in [0, 0.1) is 0 Å². The summed E-state index contributed by atoms with van der Waals surface area (Å²) in [7, 11) is -3.61. The molecule has 2 atom stereocenters. The van der Waals surface area contributed by atoms with Gasteiger partial charge in [-0.05, 0) is 28.9 Å². The molecule has 1 aromatic rings. The molecule has 9 heteroatoms. The van der Waals surface area contributed by atoms with Crippen molar-refractivity contribution in [1.82, 2.24) is 4.31 Å². The predicted octanol–water partition coefficient (Wildman–Crippen LogP) is 1.93. The van der Waals surface area contributed by atoms with Crippen LogP contribution in [0.2, 0.25) is 5.02 Å². The number of morpholine rings is 1. The van der Waals surface area contributed by atoms with Crippen molar-refractivity contribution in [3.63, 3.8) is 0 Å². The number of ether oxygens (including phenoxy) is 1. The molecule has 0 spiro atoms. The summed E-state index contributed by atoms with van der Waals surface area (Å²) in [6.07, 6.45) is -0.482. The van der Waals surface area contributed by atoms with Gasteiger partial charge in [0.2, 0.25) is 0 Å². The van der Waals surface area contributed by atoms with Gasteiger partial charge in [-0.25, -0.2) is 8.42 Å². The molecule has 1 saturated heterocycles. The van der Waals surface area contributed by atoms with E-state index in [-0.39, 0.29) is 30.0 Å². The zero-order valence-electron chi connectivity index (χ0n) is 10.0. The Morgan fingerprint density at radius 3 is 2.89 bits per heavy atom. The van der Waals surface area contributed by atoms with Gasteiger partial charge in [0, 0.05) is 12.6 Å². The van der Waals surface area contributed by atoms with Gasteiger partial charge in [-0.2, -0.15) is 4.31 Å². The molecule has 19 heavy (non-hydrogen) atoms. The van der Waals surface area contributed by atoms with E-state index in [1.54, 1.807) is 6.92 Å². The highest BCUT2D eigenvalue weighted by molar-refractivity contribution is 9.11. The summed E-state index contributed by atoms with van der Waals surface area (Å²) in [4.78, 5) is 0. The summed E-state index contributed by atoms with van der Waals surface area (Å²) in [5, 5.41) is 9.49. The molecule has 1 aromatic heterocycles. The van der Waals surface area contributed by atoms with Gasteiger partial charge in [-0.3, -0.25) is 0 Å². The number of thiophene rings is 1. The normalized spacial score (nSPS) is 25.7. The van der Waals surface area contributed by atoms with Crippen LogP contribution in [0.5, 0.6) is 0 Å². The zero-order valence-corrected chi connectivity index (χ0v) is 14.0. The number of hydrogen-bond acceptors (Lipinski definition) is 5. The molecule has 0 saturated carbocycles. The van der Waals surface area contributed by atoms with Crippen molar-refractivity contribution in [2.24, 2.45) is 0 Å². The third-order valence-electron chi connectivity index (χ3n) is 2.84. The molecule has 2 heterocycles. The molecular formula is C10H13BrClNO4S2. The second-order valence-electron chi connectivity index (χ2n) is 4.25. The van der Waals surface area contributed by atoms with Crippen molar-refractivity contribution < 1.29 is 18.3 Å². The van der Waals surface area contributed by atoms with Crippen LogP contribution in [-0.4, -0.2) is 49.7 Å². The van der Waals surface area contributed by atoms with Gasteiger partial charge in [-0.15, -0.1) is 11.3 Å². The molecule has 0 aromatic carbocycles. The molecule has 2 rings (SSSR count). The van der Waals surface area contributed by atoms with Crippen LogP contribution in [0.25, 0.3) is 0 Å². The summed E-state index contributed by atoms with van der Waals surface area (Å²) in [5.74, 6) is 0. The highest BCUT2D eigenvalue weighted by Gasteiger charge is 2.36. The lowest BCUT2D eigenvalue weighted by atomic mass is 10.2. The summed E-state index contributed by atoms with van der Waals surface area (Å²) < 4.78 is 32.6. The van der Waals surface area contributed by atoms with Crippen molar-refractivity contribution in [2.75, 3.05) is 19.8 Å². The average Bonchev–Trinajstić information content (AvgIpc) is 2.71. The van der Waals surface area contributed by atoms with E-state index in [1.807, 2.05) is 0 Å². The Bertz CT molecular complexity index is 542. The first kappa shape index (κ1) is 15.7. The third-order valence-corrected chi connectivity index (χ3v) is 7.74. The molecule has 0 aliphatic carbocycles. The Morgan fingerprint density at radius 2 is 2.37 bits per heavy atom.